The summed E-state index contributed by atoms with van der Waals surface area (Å²) in [6.45, 7) is 6.53. The SMILES string of the molecule is CCc1ccc(S(=O)(=O)NCCNc2nc(C)cc(Nc3ccc(C)cc3)n2)cc1. The molecule has 0 saturated heterocycles. The van der Waals surface area contributed by atoms with E-state index in [9.17, 15) is 8.42 Å². The van der Waals surface area contributed by atoms with Crippen LogP contribution in [-0.2, 0) is 16.4 Å². The number of benzene rings is 2. The highest BCUT2D eigenvalue weighted by atomic mass is 32.2. The van der Waals surface area contributed by atoms with Crippen LogP contribution in [0.3, 0.4) is 0 Å². The zero-order valence-electron chi connectivity index (χ0n) is 17.4. The molecule has 0 fully saturated rings. The number of hydrogen-bond acceptors (Lipinski definition) is 6. The van der Waals surface area contributed by atoms with Gasteiger partial charge in [-0.1, -0.05) is 36.8 Å². The normalized spacial score (nSPS) is 11.3. The number of nitrogens with zero attached hydrogens (tertiary/aromatic N) is 2. The fraction of sp³-hybridized carbons (Fsp3) is 0.273. The molecule has 0 saturated carbocycles. The van der Waals surface area contributed by atoms with Crippen molar-refractivity contribution in [3.8, 4) is 0 Å². The highest BCUT2D eigenvalue weighted by molar-refractivity contribution is 7.89. The molecule has 0 amide bonds. The lowest BCUT2D eigenvalue weighted by molar-refractivity contribution is 0.583. The van der Waals surface area contributed by atoms with E-state index in [0.717, 1.165) is 23.4 Å². The average Bonchev–Trinajstić information content (AvgIpc) is 2.73. The number of nitrogens with one attached hydrogen (secondary N) is 3. The van der Waals surface area contributed by atoms with Gasteiger partial charge < -0.3 is 10.6 Å². The van der Waals surface area contributed by atoms with E-state index in [0.29, 0.717) is 18.3 Å². The molecular formula is C22H27N5O2S. The number of aromatic nitrogens is 2. The molecule has 0 unspecified atom stereocenters. The van der Waals surface area contributed by atoms with Crippen LogP contribution in [0.5, 0.6) is 0 Å². The minimum atomic E-state index is -3.54. The molecular weight excluding hydrogens is 398 g/mol. The summed E-state index contributed by atoms with van der Waals surface area (Å²) in [4.78, 5) is 9.07. The fourth-order valence-corrected chi connectivity index (χ4v) is 3.88. The average molecular weight is 426 g/mol. The number of rotatable bonds is 9. The van der Waals surface area contributed by atoms with E-state index in [1.807, 2.05) is 63.2 Å². The second kappa shape index (κ2) is 9.69. The number of aryl methyl sites for hydroxylation is 3. The second-order valence-corrected chi connectivity index (χ2v) is 8.80. The van der Waals surface area contributed by atoms with Crippen molar-refractivity contribution in [2.24, 2.45) is 0 Å². The van der Waals surface area contributed by atoms with E-state index in [1.165, 1.54) is 5.56 Å². The molecule has 2 aromatic carbocycles. The van der Waals surface area contributed by atoms with Crippen LogP contribution in [0, 0.1) is 13.8 Å². The number of anilines is 3. The lowest BCUT2D eigenvalue weighted by Gasteiger charge is -2.11. The largest absolute Gasteiger partial charge is 0.353 e. The van der Waals surface area contributed by atoms with E-state index >= 15 is 0 Å². The van der Waals surface area contributed by atoms with Crippen LogP contribution < -0.4 is 15.4 Å². The third-order valence-corrected chi connectivity index (χ3v) is 6.00. The fourth-order valence-electron chi connectivity index (χ4n) is 2.84. The maximum Gasteiger partial charge on any atom is 0.240 e. The predicted octanol–water partition coefficient (Wildman–Crippen LogP) is 3.79. The van der Waals surface area contributed by atoms with Crippen molar-refractivity contribution in [1.82, 2.24) is 14.7 Å². The highest BCUT2D eigenvalue weighted by Gasteiger charge is 2.13. The molecule has 0 bridgehead atoms. The Bertz CT molecular complexity index is 1080. The van der Waals surface area contributed by atoms with Gasteiger partial charge in [0.2, 0.25) is 16.0 Å². The number of hydrogen-bond donors (Lipinski definition) is 3. The van der Waals surface area contributed by atoms with Gasteiger partial charge in [-0.15, -0.1) is 0 Å². The third-order valence-electron chi connectivity index (χ3n) is 4.52. The molecule has 0 aliphatic rings. The Kier molecular flexibility index (Phi) is 7.02. The first-order chi connectivity index (χ1) is 14.4. The zero-order valence-corrected chi connectivity index (χ0v) is 18.3. The van der Waals surface area contributed by atoms with Crippen LogP contribution in [0.2, 0.25) is 0 Å². The van der Waals surface area contributed by atoms with E-state index in [2.05, 4.69) is 25.3 Å². The van der Waals surface area contributed by atoms with Crippen molar-refractivity contribution in [2.75, 3.05) is 23.7 Å². The Labute approximate surface area is 178 Å². The molecule has 30 heavy (non-hydrogen) atoms. The standard InChI is InChI=1S/C22H27N5O2S/c1-4-18-7-11-20(12-8-18)30(28,29)24-14-13-23-22-25-17(3)15-21(27-22)26-19-9-5-16(2)6-10-19/h5-12,15,24H,4,13-14H2,1-3H3,(H2,23,25,26,27). The van der Waals surface area contributed by atoms with Crippen molar-refractivity contribution < 1.29 is 8.42 Å². The van der Waals surface area contributed by atoms with E-state index in [4.69, 9.17) is 0 Å². The van der Waals surface area contributed by atoms with Crippen LogP contribution in [0.25, 0.3) is 0 Å². The van der Waals surface area contributed by atoms with Crippen LogP contribution >= 0.6 is 0 Å². The van der Waals surface area contributed by atoms with E-state index in [-0.39, 0.29) is 11.4 Å². The lowest BCUT2D eigenvalue weighted by atomic mass is 10.2. The monoisotopic (exact) mass is 425 g/mol. The minimum absolute atomic E-state index is 0.218. The van der Waals surface area contributed by atoms with Crippen LogP contribution in [0.15, 0.2) is 59.5 Å². The molecule has 8 heteroatoms. The molecule has 3 aromatic rings. The lowest BCUT2D eigenvalue weighted by Crippen LogP contribution is -2.29. The smallest absolute Gasteiger partial charge is 0.240 e. The van der Waals surface area contributed by atoms with Crippen LogP contribution in [-0.4, -0.2) is 31.5 Å². The van der Waals surface area contributed by atoms with Gasteiger partial charge in [0.05, 0.1) is 4.90 Å². The van der Waals surface area contributed by atoms with Crippen molar-refractivity contribution in [2.45, 2.75) is 32.1 Å². The summed E-state index contributed by atoms with van der Waals surface area (Å²) in [5.74, 6) is 1.11. The number of sulfonamides is 1. The topological polar surface area (TPSA) is 96.0 Å². The van der Waals surface area contributed by atoms with E-state index < -0.39 is 10.0 Å². The van der Waals surface area contributed by atoms with Gasteiger partial charge >= 0.3 is 0 Å². The quantitative estimate of drug-likeness (QED) is 0.452. The molecule has 158 valence electrons. The molecule has 0 radical (unpaired) electrons. The van der Waals surface area contributed by atoms with Gasteiger partial charge in [0, 0.05) is 30.5 Å². The van der Waals surface area contributed by atoms with Crippen LogP contribution in [0.4, 0.5) is 17.5 Å². The molecule has 1 aromatic heterocycles. The molecule has 0 spiro atoms. The summed E-state index contributed by atoms with van der Waals surface area (Å²) in [6.07, 6.45) is 0.870. The Hall–Kier alpha value is -2.97. The summed E-state index contributed by atoms with van der Waals surface area (Å²) < 4.78 is 27.4. The van der Waals surface area contributed by atoms with Crippen molar-refractivity contribution in [3.63, 3.8) is 0 Å². The molecule has 3 rings (SSSR count). The van der Waals surface area contributed by atoms with Crippen molar-refractivity contribution in [3.05, 3.63) is 71.4 Å². The van der Waals surface area contributed by atoms with E-state index in [1.54, 1.807) is 12.1 Å². The summed E-state index contributed by atoms with van der Waals surface area (Å²) in [5, 5.41) is 6.33. The molecule has 1 heterocycles. The molecule has 0 atom stereocenters. The second-order valence-electron chi connectivity index (χ2n) is 7.03. The van der Waals surface area contributed by atoms with Gasteiger partial charge in [-0.25, -0.2) is 18.1 Å². The predicted molar refractivity (Wildman–Crippen MR) is 121 cm³/mol. The highest BCUT2D eigenvalue weighted by Crippen LogP contribution is 2.17. The Balaban J connectivity index is 1.56. The molecule has 0 aliphatic carbocycles. The first kappa shape index (κ1) is 21.7. The zero-order chi connectivity index (χ0) is 21.6. The molecule has 0 aliphatic heterocycles. The van der Waals surface area contributed by atoms with Crippen LogP contribution in [0.1, 0.15) is 23.7 Å². The maximum atomic E-state index is 12.4. The Morgan fingerprint density at radius 1 is 0.900 bits per heavy atom. The van der Waals surface area contributed by atoms with Gasteiger partial charge in [-0.05, 0) is 50.1 Å². The van der Waals surface area contributed by atoms with Gasteiger partial charge in [-0.2, -0.15) is 4.98 Å². The third kappa shape index (κ3) is 6.01. The summed E-state index contributed by atoms with van der Waals surface area (Å²) in [7, 11) is -3.54. The Morgan fingerprint density at radius 3 is 2.27 bits per heavy atom. The van der Waals surface area contributed by atoms with Gasteiger partial charge in [0.25, 0.3) is 0 Å². The summed E-state index contributed by atoms with van der Waals surface area (Å²) >= 11 is 0. The molecule has 3 N–H and O–H groups in total. The van der Waals surface area contributed by atoms with Crippen molar-refractivity contribution >= 4 is 27.5 Å². The Morgan fingerprint density at radius 2 is 1.60 bits per heavy atom. The first-order valence-electron chi connectivity index (χ1n) is 9.87. The van der Waals surface area contributed by atoms with Gasteiger partial charge in [-0.3, -0.25) is 0 Å². The maximum absolute atomic E-state index is 12.4. The van der Waals surface area contributed by atoms with Gasteiger partial charge in [0.15, 0.2) is 0 Å². The summed E-state index contributed by atoms with van der Waals surface area (Å²) in [6, 6.07) is 16.8. The minimum Gasteiger partial charge on any atom is -0.353 e. The summed E-state index contributed by atoms with van der Waals surface area (Å²) in [5.41, 5.74) is 4.03. The van der Waals surface area contributed by atoms with Crippen molar-refractivity contribution in [1.29, 1.82) is 0 Å². The first-order valence-corrected chi connectivity index (χ1v) is 11.4. The molecule has 7 nitrogen and oxygen atoms in total. The van der Waals surface area contributed by atoms with Gasteiger partial charge in [0.1, 0.15) is 5.82 Å².